The van der Waals surface area contributed by atoms with Crippen LogP contribution < -0.4 is 16.9 Å². The number of aryl methyl sites for hydroxylation is 2. The molecule has 0 aromatic carbocycles. The van der Waals surface area contributed by atoms with E-state index in [0.717, 1.165) is 9.13 Å². The average Bonchev–Trinajstić information content (AvgIpc) is 2.88. The van der Waals surface area contributed by atoms with Crippen LogP contribution in [0.15, 0.2) is 30.9 Å². The van der Waals surface area contributed by atoms with Crippen LogP contribution in [0.25, 0.3) is 22.5 Å². The van der Waals surface area contributed by atoms with E-state index in [1.807, 2.05) is 0 Å². The van der Waals surface area contributed by atoms with Crippen molar-refractivity contribution in [1.82, 2.24) is 19.1 Å². The topological polar surface area (TPSA) is 103 Å². The summed E-state index contributed by atoms with van der Waals surface area (Å²) in [6, 6.07) is 3.36. The van der Waals surface area contributed by atoms with Gasteiger partial charge in [0.25, 0.3) is 5.56 Å². The first-order valence-corrected chi connectivity index (χ1v) is 6.17. The molecule has 3 rings (SSSR count). The molecular weight excluding hydrogens is 276 g/mol. The molecule has 0 saturated carbocycles. The third-order valence-corrected chi connectivity index (χ3v) is 3.31. The molecule has 108 valence electrons. The number of hydrogen-bond donors (Lipinski definition) is 1. The molecule has 1 N–H and O–H groups in total. The van der Waals surface area contributed by atoms with Gasteiger partial charge < -0.3 is 9.40 Å². The highest BCUT2D eigenvalue weighted by Crippen LogP contribution is 2.23. The van der Waals surface area contributed by atoms with Crippen molar-refractivity contribution >= 4 is 11.0 Å². The molecule has 3 aromatic rings. The van der Waals surface area contributed by atoms with E-state index in [2.05, 4.69) is 9.97 Å². The number of aromatic nitrogens is 4. The standard InChI is InChI=1S/C13H12N4O4/c1-6-4-5-7(21-6)9-8-10(15-12(19)14-9)16(2)13(20)17(3)11(8)18/h4-5H,1-3H3,(H,14,15,19). The van der Waals surface area contributed by atoms with Crippen molar-refractivity contribution in [3.05, 3.63) is 49.2 Å². The van der Waals surface area contributed by atoms with Gasteiger partial charge in [-0.1, -0.05) is 0 Å². The Morgan fingerprint density at radius 1 is 1.14 bits per heavy atom. The van der Waals surface area contributed by atoms with Gasteiger partial charge in [0, 0.05) is 14.1 Å². The monoisotopic (exact) mass is 288 g/mol. The van der Waals surface area contributed by atoms with Crippen LogP contribution in [-0.2, 0) is 14.1 Å². The molecule has 8 heteroatoms. The van der Waals surface area contributed by atoms with Crippen molar-refractivity contribution in [1.29, 1.82) is 0 Å². The average molecular weight is 288 g/mol. The molecule has 0 amide bonds. The first-order valence-electron chi connectivity index (χ1n) is 6.17. The van der Waals surface area contributed by atoms with Crippen LogP contribution in [0.1, 0.15) is 5.76 Å². The summed E-state index contributed by atoms with van der Waals surface area (Å²) in [7, 11) is 2.82. The molecule has 0 atom stereocenters. The number of aromatic amines is 1. The molecule has 0 spiro atoms. The van der Waals surface area contributed by atoms with Crippen LogP contribution in [0.5, 0.6) is 0 Å². The number of nitrogens with zero attached hydrogens (tertiary/aromatic N) is 3. The second kappa shape index (κ2) is 4.30. The zero-order chi connectivity index (χ0) is 15.3. The van der Waals surface area contributed by atoms with Gasteiger partial charge in [-0.05, 0) is 19.1 Å². The summed E-state index contributed by atoms with van der Waals surface area (Å²) in [4.78, 5) is 42.2. The molecule has 0 aliphatic heterocycles. The predicted octanol–water partition coefficient (Wildman–Crippen LogP) is -0.111. The normalized spacial score (nSPS) is 11.2. The molecule has 0 radical (unpaired) electrons. The van der Waals surface area contributed by atoms with Gasteiger partial charge in [0.2, 0.25) is 0 Å². The van der Waals surface area contributed by atoms with Gasteiger partial charge in [-0.2, -0.15) is 4.98 Å². The van der Waals surface area contributed by atoms with Crippen molar-refractivity contribution in [2.24, 2.45) is 14.1 Å². The minimum atomic E-state index is -0.658. The lowest BCUT2D eigenvalue weighted by atomic mass is 10.2. The molecule has 0 aliphatic rings. The van der Waals surface area contributed by atoms with Crippen molar-refractivity contribution < 1.29 is 4.42 Å². The van der Waals surface area contributed by atoms with E-state index in [9.17, 15) is 14.4 Å². The number of fused-ring (bicyclic) bond motifs is 1. The molecule has 0 saturated heterocycles. The summed E-state index contributed by atoms with van der Waals surface area (Å²) in [6.07, 6.45) is 0. The van der Waals surface area contributed by atoms with E-state index in [0.29, 0.717) is 11.5 Å². The van der Waals surface area contributed by atoms with Crippen molar-refractivity contribution in [2.75, 3.05) is 0 Å². The maximum atomic E-state index is 12.4. The highest BCUT2D eigenvalue weighted by Gasteiger charge is 2.18. The van der Waals surface area contributed by atoms with Crippen molar-refractivity contribution in [2.45, 2.75) is 6.92 Å². The van der Waals surface area contributed by atoms with E-state index in [4.69, 9.17) is 4.42 Å². The Hall–Kier alpha value is -2.90. The Kier molecular flexibility index (Phi) is 2.68. The van der Waals surface area contributed by atoms with Gasteiger partial charge in [-0.3, -0.25) is 13.9 Å². The predicted molar refractivity (Wildman–Crippen MR) is 75.3 cm³/mol. The van der Waals surface area contributed by atoms with E-state index in [1.54, 1.807) is 19.1 Å². The quantitative estimate of drug-likeness (QED) is 0.673. The summed E-state index contributed by atoms with van der Waals surface area (Å²) in [5.41, 5.74) is -1.51. The Balaban J connectivity index is 2.61. The fraction of sp³-hybridized carbons (Fsp3) is 0.231. The lowest BCUT2D eigenvalue weighted by molar-refractivity contribution is 0.546. The highest BCUT2D eigenvalue weighted by atomic mass is 16.3. The Labute approximate surface area is 117 Å². The SMILES string of the molecule is Cc1ccc(-c2[nH]c(=O)nc3c2c(=O)n(C)c(=O)n3C)o1. The molecular formula is C13H12N4O4. The molecule has 3 aromatic heterocycles. The molecule has 0 unspecified atom stereocenters. The van der Waals surface area contributed by atoms with Crippen molar-refractivity contribution in [3.8, 4) is 11.5 Å². The minimum Gasteiger partial charge on any atom is -0.460 e. The second-order valence-corrected chi connectivity index (χ2v) is 4.73. The third-order valence-electron chi connectivity index (χ3n) is 3.31. The maximum Gasteiger partial charge on any atom is 0.347 e. The maximum absolute atomic E-state index is 12.4. The number of hydrogen-bond acceptors (Lipinski definition) is 5. The van der Waals surface area contributed by atoms with Crippen LogP contribution in [0, 0.1) is 6.92 Å². The van der Waals surface area contributed by atoms with E-state index in [1.165, 1.54) is 14.1 Å². The van der Waals surface area contributed by atoms with Crippen LogP contribution >= 0.6 is 0 Å². The minimum absolute atomic E-state index is 0.0240. The summed E-state index contributed by atoms with van der Waals surface area (Å²) >= 11 is 0. The first-order chi connectivity index (χ1) is 9.90. The molecule has 3 heterocycles. The number of rotatable bonds is 1. The van der Waals surface area contributed by atoms with Crippen LogP contribution in [0.2, 0.25) is 0 Å². The van der Waals surface area contributed by atoms with E-state index in [-0.39, 0.29) is 16.7 Å². The lowest BCUT2D eigenvalue weighted by Gasteiger charge is -2.08. The zero-order valence-electron chi connectivity index (χ0n) is 11.6. The van der Waals surface area contributed by atoms with Gasteiger partial charge >= 0.3 is 11.4 Å². The highest BCUT2D eigenvalue weighted by molar-refractivity contribution is 5.87. The number of furan rings is 1. The Morgan fingerprint density at radius 2 is 1.86 bits per heavy atom. The Bertz CT molecular complexity index is 1030. The lowest BCUT2D eigenvalue weighted by Crippen LogP contribution is -2.38. The van der Waals surface area contributed by atoms with Crippen molar-refractivity contribution in [3.63, 3.8) is 0 Å². The summed E-state index contributed by atoms with van der Waals surface area (Å²) in [5, 5.41) is 0.133. The molecule has 0 aliphatic carbocycles. The Morgan fingerprint density at radius 3 is 2.48 bits per heavy atom. The van der Waals surface area contributed by atoms with Crippen LogP contribution in [-0.4, -0.2) is 19.1 Å². The second-order valence-electron chi connectivity index (χ2n) is 4.73. The molecule has 21 heavy (non-hydrogen) atoms. The van der Waals surface area contributed by atoms with E-state index >= 15 is 0 Å². The summed E-state index contributed by atoms with van der Waals surface area (Å²) in [6.45, 7) is 1.75. The number of nitrogens with one attached hydrogen (secondary N) is 1. The van der Waals surface area contributed by atoms with Gasteiger partial charge in [-0.25, -0.2) is 9.59 Å². The number of H-pyrrole nitrogens is 1. The van der Waals surface area contributed by atoms with Gasteiger partial charge in [0.15, 0.2) is 11.4 Å². The van der Waals surface area contributed by atoms with E-state index < -0.39 is 16.9 Å². The molecule has 0 bridgehead atoms. The largest absolute Gasteiger partial charge is 0.460 e. The fourth-order valence-corrected chi connectivity index (χ4v) is 2.23. The van der Waals surface area contributed by atoms with Gasteiger partial charge in [-0.15, -0.1) is 0 Å². The van der Waals surface area contributed by atoms with Gasteiger partial charge in [0.05, 0.1) is 0 Å². The fourth-order valence-electron chi connectivity index (χ4n) is 2.23. The smallest absolute Gasteiger partial charge is 0.347 e. The zero-order valence-corrected chi connectivity index (χ0v) is 11.6. The summed E-state index contributed by atoms with van der Waals surface area (Å²) < 4.78 is 7.58. The molecule has 8 nitrogen and oxygen atoms in total. The van der Waals surface area contributed by atoms with Crippen LogP contribution in [0.4, 0.5) is 0 Å². The van der Waals surface area contributed by atoms with Crippen LogP contribution in [0.3, 0.4) is 0 Å². The third kappa shape index (κ3) is 1.83. The summed E-state index contributed by atoms with van der Waals surface area (Å²) in [5.74, 6) is 0.977. The molecule has 0 fully saturated rings. The first kappa shape index (κ1) is 13.1. The van der Waals surface area contributed by atoms with Gasteiger partial charge in [0.1, 0.15) is 16.8 Å².